The summed E-state index contributed by atoms with van der Waals surface area (Å²) in [4.78, 5) is 12.6. The van der Waals surface area contributed by atoms with E-state index in [4.69, 9.17) is 25.8 Å². The molecular formula is C22H20ClNO4. The van der Waals surface area contributed by atoms with E-state index in [1.165, 1.54) is 7.11 Å². The highest BCUT2D eigenvalue weighted by Gasteiger charge is 2.13. The molecule has 5 nitrogen and oxygen atoms in total. The third-order valence-electron chi connectivity index (χ3n) is 4.09. The first kappa shape index (κ1) is 19.6. The Bertz CT molecular complexity index is 957. The summed E-state index contributed by atoms with van der Waals surface area (Å²) in [5.41, 5.74) is 2.02. The maximum absolute atomic E-state index is 12.6. The minimum absolute atomic E-state index is 0.271. The molecule has 0 saturated carbocycles. The van der Waals surface area contributed by atoms with Crippen molar-refractivity contribution in [2.75, 3.05) is 19.5 Å². The van der Waals surface area contributed by atoms with E-state index < -0.39 is 0 Å². The van der Waals surface area contributed by atoms with Crippen LogP contribution in [-0.4, -0.2) is 20.1 Å². The lowest BCUT2D eigenvalue weighted by Crippen LogP contribution is -2.13. The van der Waals surface area contributed by atoms with Crippen molar-refractivity contribution in [3.05, 3.63) is 82.9 Å². The fourth-order valence-electron chi connectivity index (χ4n) is 2.61. The maximum Gasteiger partial charge on any atom is 0.255 e. The van der Waals surface area contributed by atoms with Gasteiger partial charge in [0.2, 0.25) is 0 Å². The van der Waals surface area contributed by atoms with Gasteiger partial charge in [0, 0.05) is 10.6 Å². The van der Waals surface area contributed by atoms with Crippen LogP contribution in [0.4, 0.5) is 5.69 Å². The number of halogens is 1. The predicted octanol–water partition coefficient (Wildman–Crippen LogP) is 5.19. The topological polar surface area (TPSA) is 56.8 Å². The third-order valence-corrected chi connectivity index (χ3v) is 4.34. The molecule has 0 fully saturated rings. The van der Waals surface area contributed by atoms with Gasteiger partial charge in [0.25, 0.3) is 5.91 Å². The van der Waals surface area contributed by atoms with Crippen molar-refractivity contribution >= 4 is 23.2 Å². The van der Waals surface area contributed by atoms with E-state index >= 15 is 0 Å². The first-order valence-corrected chi connectivity index (χ1v) is 8.98. The van der Waals surface area contributed by atoms with E-state index in [0.717, 1.165) is 5.56 Å². The maximum atomic E-state index is 12.6. The Labute approximate surface area is 168 Å². The molecule has 0 bridgehead atoms. The lowest BCUT2D eigenvalue weighted by atomic mass is 10.1. The average Bonchev–Trinajstić information content (AvgIpc) is 2.73. The number of carbonyl (C=O) groups excluding carboxylic acids is 1. The zero-order chi connectivity index (χ0) is 19.9. The highest BCUT2D eigenvalue weighted by atomic mass is 35.5. The number of ether oxygens (including phenoxy) is 3. The smallest absolute Gasteiger partial charge is 0.255 e. The predicted molar refractivity (Wildman–Crippen MR) is 110 cm³/mol. The van der Waals surface area contributed by atoms with Crippen molar-refractivity contribution in [2.45, 2.75) is 6.61 Å². The molecule has 3 aromatic carbocycles. The quantitative estimate of drug-likeness (QED) is 0.596. The Kier molecular flexibility index (Phi) is 6.40. The Morgan fingerprint density at radius 1 is 0.893 bits per heavy atom. The van der Waals surface area contributed by atoms with Crippen molar-refractivity contribution in [1.82, 2.24) is 0 Å². The highest BCUT2D eigenvalue weighted by molar-refractivity contribution is 6.30. The number of carbonyl (C=O) groups is 1. The van der Waals surface area contributed by atoms with Gasteiger partial charge in [-0.2, -0.15) is 0 Å². The van der Waals surface area contributed by atoms with E-state index in [9.17, 15) is 4.79 Å². The molecule has 0 aliphatic heterocycles. The van der Waals surface area contributed by atoms with Gasteiger partial charge in [0.05, 0.1) is 19.9 Å². The molecule has 0 radical (unpaired) electrons. The van der Waals surface area contributed by atoms with Crippen LogP contribution in [0.3, 0.4) is 0 Å². The molecule has 1 amide bonds. The number of nitrogens with one attached hydrogen (secondary N) is 1. The number of hydrogen-bond donors (Lipinski definition) is 1. The molecular weight excluding hydrogens is 378 g/mol. The third kappa shape index (κ3) is 4.75. The van der Waals surface area contributed by atoms with Gasteiger partial charge in [-0.15, -0.1) is 0 Å². The minimum atomic E-state index is -0.271. The molecule has 0 aliphatic rings. The Morgan fingerprint density at radius 3 is 2.32 bits per heavy atom. The first-order chi connectivity index (χ1) is 13.6. The zero-order valence-corrected chi connectivity index (χ0v) is 16.3. The number of methoxy groups -OCH3 is 2. The standard InChI is InChI=1S/C22H20ClNO4/c1-26-19-6-4-3-5-18(19)24-22(25)16-9-12-20(21(13-16)27-2)28-14-15-7-10-17(23)11-8-15/h3-13H,14H2,1-2H3,(H,24,25). The Morgan fingerprint density at radius 2 is 1.61 bits per heavy atom. The SMILES string of the molecule is COc1ccccc1NC(=O)c1ccc(OCc2ccc(Cl)cc2)c(OC)c1. The van der Waals surface area contributed by atoms with E-state index in [-0.39, 0.29) is 5.91 Å². The Balaban J connectivity index is 1.73. The summed E-state index contributed by atoms with van der Waals surface area (Å²) >= 11 is 5.89. The summed E-state index contributed by atoms with van der Waals surface area (Å²) in [6.45, 7) is 0.361. The number of amides is 1. The normalized spacial score (nSPS) is 10.2. The van der Waals surface area contributed by atoms with Crippen LogP contribution in [0, 0.1) is 0 Å². The molecule has 0 unspecified atom stereocenters. The molecule has 0 heterocycles. The van der Waals surface area contributed by atoms with Gasteiger partial charge in [-0.05, 0) is 48.0 Å². The van der Waals surface area contributed by atoms with Crippen molar-refractivity contribution < 1.29 is 19.0 Å². The number of para-hydroxylation sites is 2. The van der Waals surface area contributed by atoms with Gasteiger partial charge in [0.15, 0.2) is 11.5 Å². The number of rotatable bonds is 7. The van der Waals surface area contributed by atoms with Crippen molar-refractivity contribution in [3.8, 4) is 17.2 Å². The van der Waals surface area contributed by atoms with Crippen molar-refractivity contribution in [2.24, 2.45) is 0 Å². The molecule has 3 aromatic rings. The summed E-state index contributed by atoms with van der Waals surface area (Å²) < 4.78 is 16.5. The largest absolute Gasteiger partial charge is 0.495 e. The molecule has 28 heavy (non-hydrogen) atoms. The number of benzene rings is 3. The molecule has 0 atom stereocenters. The fourth-order valence-corrected chi connectivity index (χ4v) is 2.74. The molecule has 0 aromatic heterocycles. The molecule has 144 valence electrons. The van der Waals surface area contributed by atoms with Gasteiger partial charge in [-0.1, -0.05) is 35.9 Å². The molecule has 6 heteroatoms. The number of hydrogen-bond acceptors (Lipinski definition) is 4. The van der Waals surface area contributed by atoms with Gasteiger partial charge in [0.1, 0.15) is 12.4 Å². The summed E-state index contributed by atoms with van der Waals surface area (Å²) in [6, 6.07) is 19.7. The van der Waals surface area contributed by atoms with Crippen LogP contribution in [0.5, 0.6) is 17.2 Å². The van der Waals surface area contributed by atoms with Crippen LogP contribution in [-0.2, 0) is 6.61 Å². The fraction of sp³-hybridized carbons (Fsp3) is 0.136. The van der Waals surface area contributed by atoms with Crippen LogP contribution in [0.15, 0.2) is 66.7 Å². The summed E-state index contributed by atoms with van der Waals surface area (Å²) in [6.07, 6.45) is 0. The molecule has 0 aliphatic carbocycles. The molecule has 0 saturated heterocycles. The summed E-state index contributed by atoms with van der Waals surface area (Å²) in [5, 5.41) is 3.51. The minimum Gasteiger partial charge on any atom is -0.495 e. The second kappa shape index (κ2) is 9.15. The number of anilines is 1. The van der Waals surface area contributed by atoms with Crippen LogP contribution >= 0.6 is 11.6 Å². The van der Waals surface area contributed by atoms with Gasteiger partial charge in [-0.25, -0.2) is 0 Å². The van der Waals surface area contributed by atoms with Crippen LogP contribution in [0.1, 0.15) is 15.9 Å². The average molecular weight is 398 g/mol. The van der Waals surface area contributed by atoms with Crippen molar-refractivity contribution in [3.63, 3.8) is 0 Å². The summed E-state index contributed by atoms with van der Waals surface area (Å²) in [5.74, 6) is 1.34. The van der Waals surface area contributed by atoms with E-state index in [0.29, 0.717) is 40.1 Å². The van der Waals surface area contributed by atoms with E-state index in [1.807, 2.05) is 36.4 Å². The van der Waals surface area contributed by atoms with E-state index in [2.05, 4.69) is 5.32 Å². The molecule has 3 rings (SSSR count). The van der Waals surface area contributed by atoms with Gasteiger partial charge < -0.3 is 19.5 Å². The monoisotopic (exact) mass is 397 g/mol. The van der Waals surface area contributed by atoms with Crippen LogP contribution < -0.4 is 19.5 Å². The molecule has 1 N–H and O–H groups in total. The van der Waals surface area contributed by atoms with Crippen LogP contribution in [0.2, 0.25) is 5.02 Å². The van der Waals surface area contributed by atoms with Crippen LogP contribution in [0.25, 0.3) is 0 Å². The lowest BCUT2D eigenvalue weighted by Gasteiger charge is -2.13. The second-order valence-electron chi connectivity index (χ2n) is 5.94. The van der Waals surface area contributed by atoms with Gasteiger partial charge >= 0.3 is 0 Å². The summed E-state index contributed by atoms with van der Waals surface area (Å²) in [7, 11) is 3.09. The second-order valence-corrected chi connectivity index (χ2v) is 6.37. The lowest BCUT2D eigenvalue weighted by molar-refractivity contribution is 0.102. The Hall–Kier alpha value is -3.18. The molecule has 0 spiro atoms. The highest BCUT2D eigenvalue weighted by Crippen LogP contribution is 2.30. The van der Waals surface area contributed by atoms with Gasteiger partial charge in [-0.3, -0.25) is 4.79 Å². The van der Waals surface area contributed by atoms with E-state index in [1.54, 1.807) is 37.4 Å². The zero-order valence-electron chi connectivity index (χ0n) is 15.6. The first-order valence-electron chi connectivity index (χ1n) is 8.60. The van der Waals surface area contributed by atoms with Crippen molar-refractivity contribution in [1.29, 1.82) is 0 Å².